The van der Waals surface area contributed by atoms with E-state index in [1.54, 1.807) is 6.08 Å². The third-order valence-electron chi connectivity index (χ3n) is 9.18. The highest BCUT2D eigenvalue weighted by molar-refractivity contribution is 5.91. The Labute approximate surface area is 310 Å². The van der Waals surface area contributed by atoms with Gasteiger partial charge in [-0.25, -0.2) is 4.79 Å². The standard InChI is InChI=1S/C35H52O19/c1-15(2)5-6-16-9-18(10-17(7-8-34(3,4)48)29(16)52-32-27(44)25(42)22(39)19(11-36)50-32)31(47)49-13-21-23(40)26(43)28(45)33(51-21)54-35(14-38)30(46)24(41)20(12-37)53-35/h5,7-10,19-28,30,32-33,36-46,48H,6,11-14H2,1-4H3/t19-,20-,21-,22-,23-,24-,25+,26+,27-,28-,30+,32+,33-,35+/m1/s1. The summed E-state index contributed by atoms with van der Waals surface area (Å²) in [6.07, 6.45) is -17.7. The van der Waals surface area contributed by atoms with Crippen LogP contribution < -0.4 is 4.74 Å². The minimum Gasteiger partial charge on any atom is -0.461 e. The molecule has 19 nitrogen and oxygen atoms in total. The van der Waals surface area contributed by atoms with Crippen LogP contribution in [-0.2, 0) is 30.1 Å². The van der Waals surface area contributed by atoms with E-state index in [0.29, 0.717) is 5.56 Å². The van der Waals surface area contributed by atoms with Crippen LogP contribution >= 0.6 is 0 Å². The largest absolute Gasteiger partial charge is 0.461 e. The molecule has 4 rings (SSSR count). The highest BCUT2D eigenvalue weighted by Crippen LogP contribution is 2.37. The van der Waals surface area contributed by atoms with Crippen LogP contribution in [0, 0.1) is 0 Å². The molecular weight excluding hydrogens is 724 g/mol. The number of aliphatic hydroxyl groups excluding tert-OH is 11. The van der Waals surface area contributed by atoms with Crippen LogP contribution in [0.2, 0.25) is 0 Å². The van der Waals surface area contributed by atoms with Gasteiger partial charge in [0, 0.05) is 5.56 Å². The van der Waals surface area contributed by atoms with Gasteiger partial charge in [0.05, 0.1) is 24.4 Å². The molecule has 1 aromatic rings. The summed E-state index contributed by atoms with van der Waals surface area (Å²) < 4.78 is 33.5. The lowest BCUT2D eigenvalue weighted by Crippen LogP contribution is -2.62. The van der Waals surface area contributed by atoms with Crippen molar-refractivity contribution >= 4 is 12.0 Å². The van der Waals surface area contributed by atoms with Crippen molar-refractivity contribution in [3.63, 3.8) is 0 Å². The Morgan fingerprint density at radius 2 is 1.41 bits per heavy atom. The molecule has 14 atom stereocenters. The molecule has 0 radical (unpaired) electrons. The number of aliphatic hydroxyl groups is 12. The van der Waals surface area contributed by atoms with Crippen LogP contribution in [0.3, 0.4) is 0 Å². The van der Waals surface area contributed by atoms with Gasteiger partial charge in [-0.2, -0.15) is 0 Å². The molecule has 0 saturated carbocycles. The highest BCUT2D eigenvalue weighted by Gasteiger charge is 2.58. The Kier molecular flexibility index (Phi) is 14.7. The fourth-order valence-electron chi connectivity index (χ4n) is 6.00. The number of ether oxygens (including phenoxy) is 6. The van der Waals surface area contributed by atoms with Gasteiger partial charge in [-0.05, 0) is 51.8 Å². The number of hydrogen-bond donors (Lipinski definition) is 12. The first-order chi connectivity index (χ1) is 25.3. The van der Waals surface area contributed by atoms with Crippen molar-refractivity contribution < 1.29 is 94.5 Å². The molecule has 3 aliphatic heterocycles. The second-order valence-electron chi connectivity index (χ2n) is 14.3. The molecule has 3 aliphatic rings. The Morgan fingerprint density at radius 1 is 0.815 bits per heavy atom. The third kappa shape index (κ3) is 9.82. The minimum atomic E-state index is -2.42. The van der Waals surface area contributed by atoms with Crippen molar-refractivity contribution in [1.82, 2.24) is 0 Å². The summed E-state index contributed by atoms with van der Waals surface area (Å²) in [5, 5.41) is 123. The number of carbonyl (C=O) groups excluding carboxylic acids is 1. The molecular formula is C35H52O19. The first kappa shape index (κ1) is 44.0. The molecule has 306 valence electrons. The van der Waals surface area contributed by atoms with E-state index in [9.17, 15) is 66.1 Å². The molecule has 3 heterocycles. The summed E-state index contributed by atoms with van der Waals surface area (Å²) in [7, 11) is 0. The summed E-state index contributed by atoms with van der Waals surface area (Å²) in [4.78, 5) is 13.6. The van der Waals surface area contributed by atoms with Gasteiger partial charge in [0.15, 0.2) is 6.29 Å². The van der Waals surface area contributed by atoms with Crippen LogP contribution in [-0.4, -0.2) is 185 Å². The third-order valence-corrected chi connectivity index (χ3v) is 9.18. The second kappa shape index (κ2) is 18.1. The van der Waals surface area contributed by atoms with Crippen LogP contribution in [0.1, 0.15) is 49.2 Å². The SMILES string of the molecule is CC(C)=CCc1cc(C(=O)OC[C@H]2O[C@H](O[C@]3(CO)O[C@H](CO)[C@@H](O)[C@@H]3O)[C@H](O)[C@@H](O)[C@@H]2O)cc(C=CC(C)(C)O)c1O[C@@H]1O[C@H](CO)[C@@H](O)[C@H](O)[C@H]1O. The first-order valence-electron chi connectivity index (χ1n) is 17.3. The lowest BCUT2D eigenvalue weighted by atomic mass is 9.97. The quantitative estimate of drug-likeness (QED) is 0.0632. The van der Waals surface area contributed by atoms with Gasteiger partial charge < -0.3 is 89.7 Å². The molecule has 0 aliphatic carbocycles. The summed E-state index contributed by atoms with van der Waals surface area (Å²) in [6.45, 7) is 3.27. The van der Waals surface area contributed by atoms with Crippen molar-refractivity contribution in [2.75, 3.05) is 26.4 Å². The number of carbonyl (C=O) groups is 1. The van der Waals surface area contributed by atoms with Gasteiger partial charge in [-0.1, -0.05) is 23.8 Å². The zero-order chi connectivity index (χ0) is 40.3. The smallest absolute Gasteiger partial charge is 0.338 e. The highest BCUT2D eigenvalue weighted by atomic mass is 16.8. The van der Waals surface area contributed by atoms with Crippen molar-refractivity contribution in [3.05, 3.63) is 46.5 Å². The normalized spacial score (nSPS) is 37.4. The molecule has 1 aromatic carbocycles. The lowest BCUT2D eigenvalue weighted by Gasteiger charge is -2.43. The Hall–Kier alpha value is -2.67. The van der Waals surface area contributed by atoms with E-state index in [1.807, 2.05) is 13.8 Å². The average molecular weight is 777 g/mol. The zero-order valence-electron chi connectivity index (χ0n) is 30.2. The monoisotopic (exact) mass is 776 g/mol. The molecule has 19 heteroatoms. The van der Waals surface area contributed by atoms with E-state index in [-0.39, 0.29) is 23.3 Å². The van der Waals surface area contributed by atoms with E-state index >= 15 is 0 Å². The number of allylic oxidation sites excluding steroid dienone is 2. The number of rotatable bonds is 14. The van der Waals surface area contributed by atoms with Crippen molar-refractivity contribution in [3.8, 4) is 5.75 Å². The van der Waals surface area contributed by atoms with Gasteiger partial charge in [0.1, 0.15) is 86.1 Å². The second-order valence-corrected chi connectivity index (χ2v) is 14.3. The van der Waals surface area contributed by atoms with Crippen molar-refractivity contribution in [2.24, 2.45) is 0 Å². The van der Waals surface area contributed by atoms with E-state index < -0.39 is 124 Å². The maximum atomic E-state index is 13.6. The predicted molar refractivity (Wildman–Crippen MR) is 181 cm³/mol. The Bertz CT molecular complexity index is 1470. The Balaban J connectivity index is 1.63. The van der Waals surface area contributed by atoms with Crippen molar-refractivity contribution in [2.45, 2.75) is 125 Å². The molecule has 0 aromatic heterocycles. The minimum absolute atomic E-state index is 0.0414. The molecule has 0 bridgehead atoms. The molecule has 54 heavy (non-hydrogen) atoms. The van der Waals surface area contributed by atoms with Gasteiger partial charge in [-0.15, -0.1) is 0 Å². The van der Waals surface area contributed by atoms with Gasteiger partial charge >= 0.3 is 5.97 Å². The summed E-state index contributed by atoms with van der Waals surface area (Å²) in [5.74, 6) is -3.37. The van der Waals surface area contributed by atoms with Crippen molar-refractivity contribution in [1.29, 1.82) is 0 Å². The molecule has 0 spiro atoms. The first-order valence-corrected chi connectivity index (χ1v) is 17.3. The predicted octanol–water partition coefficient (Wildman–Crippen LogP) is -4.06. The number of benzene rings is 1. The van der Waals surface area contributed by atoms with E-state index in [1.165, 1.54) is 38.1 Å². The van der Waals surface area contributed by atoms with E-state index in [4.69, 9.17) is 28.4 Å². The van der Waals surface area contributed by atoms with Crippen LogP contribution in [0.25, 0.3) is 6.08 Å². The fraction of sp³-hybridized carbons (Fsp3) is 0.686. The van der Waals surface area contributed by atoms with Gasteiger partial charge in [0.25, 0.3) is 0 Å². The Morgan fingerprint density at radius 3 is 1.96 bits per heavy atom. The van der Waals surface area contributed by atoms with Crippen LogP contribution in [0.4, 0.5) is 0 Å². The van der Waals surface area contributed by atoms with Crippen LogP contribution in [0.15, 0.2) is 29.9 Å². The molecule has 3 saturated heterocycles. The summed E-state index contributed by atoms with van der Waals surface area (Å²) >= 11 is 0. The van der Waals surface area contributed by atoms with E-state index in [2.05, 4.69) is 0 Å². The fourth-order valence-corrected chi connectivity index (χ4v) is 6.00. The molecule has 0 amide bonds. The zero-order valence-corrected chi connectivity index (χ0v) is 30.2. The van der Waals surface area contributed by atoms with Gasteiger partial charge in [0.2, 0.25) is 12.1 Å². The molecule has 3 fully saturated rings. The number of hydrogen-bond acceptors (Lipinski definition) is 19. The molecule has 0 unspecified atom stereocenters. The van der Waals surface area contributed by atoms with Gasteiger partial charge in [-0.3, -0.25) is 0 Å². The topological polar surface area (TPSA) is 315 Å². The maximum Gasteiger partial charge on any atom is 0.338 e. The average Bonchev–Trinajstić information content (AvgIpc) is 3.37. The lowest BCUT2D eigenvalue weighted by molar-refractivity contribution is -0.383. The summed E-state index contributed by atoms with van der Waals surface area (Å²) in [6, 6.07) is 2.70. The number of esters is 1. The van der Waals surface area contributed by atoms with E-state index in [0.717, 1.165) is 5.57 Å². The molecule has 12 N–H and O–H groups in total. The van der Waals surface area contributed by atoms with Crippen LogP contribution in [0.5, 0.6) is 5.75 Å². The maximum absolute atomic E-state index is 13.6. The summed E-state index contributed by atoms with van der Waals surface area (Å²) in [5.41, 5.74) is -0.0914.